The van der Waals surface area contributed by atoms with E-state index in [9.17, 15) is 9.18 Å². The Hall–Kier alpha value is -2.81. The van der Waals surface area contributed by atoms with Gasteiger partial charge in [-0.3, -0.25) is 4.79 Å². The molecule has 8 heteroatoms. The van der Waals surface area contributed by atoms with E-state index < -0.39 is 5.25 Å². The van der Waals surface area contributed by atoms with Crippen molar-refractivity contribution in [1.29, 1.82) is 0 Å². The summed E-state index contributed by atoms with van der Waals surface area (Å²) in [6.45, 7) is 0. The maximum Gasteiger partial charge on any atom is 0.242 e. The van der Waals surface area contributed by atoms with Gasteiger partial charge in [0.2, 0.25) is 5.91 Å². The van der Waals surface area contributed by atoms with Crippen molar-refractivity contribution >= 4 is 46.9 Å². The number of carbonyl (C=O) groups excluding carboxylic acids is 1. The van der Waals surface area contributed by atoms with Crippen molar-refractivity contribution in [1.82, 2.24) is 9.78 Å². The maximum absolute atomic E-state index is 13.2. The van der Waals surface area contributed by atoms with Crippen LogP contribution in [-0.4, -0.2) is 15.7 Å². The van der Waals surface area contributed by atoms with Crippen molar-refractivity contribution in [2.45, 2.75) is 9.59 Å². The highest BCUT2D eigenvalue weighted by Crippen LogP contribution is 2.38. The lowest BCUT2D eigenvalue weighted by molar-refractivity contribution is -0.115. The molecule has 1 heterocycles. The predicted octanol–water partition coefficient (Wildman–Crippen LogP) is 6.27. The van der Waals surface area contributed by atoms with E-state index in [1.54, 1.807) is 4.68 Å². The van der Waals surface area contributed by atoms with Gasteiger partial charge < -0.3 is 5.32 Å². The van der Waals surface area contributed by atoms with Gasteiger partial charge in [-0.05, 0) is 54.2 Å². The van der Waals surface area contributed by atoms with Gasteiger partial charge in [0, 0.05) is 5.69 Å². The van der Waals surface area contributed by atoms with Crippen LogP contribution in [-0.2, 0) is 4.79 Å². The standard InChI is InChI=1S/C22H16FN3OS3/c23-16-11-13-17(14-12-16)24-20(27)19(15-7-3-1-4-8-15)29-21-25-26(22(28)30-21)18-9-5-2-6-10-18/h1-14,19H,(H,24,27). The number of hydrogen-bond acceptors (Lipinski definition) is 5. The molecule has 30 heavy (non-hydrogen) atoms. The fourth-order valence-corrected chi connectivity index (χ4v) is 5.34. The van der Waals surface area contributed by atoms with Gasteiger partial charge in [-0.25, -0.2) is 9.07 Å². The van der Waals surface area contributed by atoms with Crippen LogP contribution in [0.25, 0.3) is 5.69 Å². The summed E-state index contributed by atoms with van der Waals surface area (Å²) >= 11 is 8.17. The molecule has 3 aromatic carbocycles. The molecular weight excluding hydrogens is 437 g/mol. The molecule has 150 valence electrons. The summed E-state index contributed by atoms with van der Waals surface area (Å²) in [4.78, 5) is 13.1. The zero-order chi connectivity index (χ0) is 20.9. The average Bonchev–Trinajstić information content (AvgIpc) is 3.15. The van der Waals surface area contributed by atoms with Gasteiger partial charge in [-0.2, -0.15) is 0 Å². The number of para-hydroxylation sites is 1. The van der Waals surface area contributed by atoms with E-state index >= 15 is 0 Å². The Labute approximate surface area is 186 Å². The molecule has 0 saturated heterocycles. The number of carbonyl (C=O) groups is 1. The van der Waals surface area contributed by atoms with Gasteiger partial charge in [0.05, 0.1) is 5.69 Å². The maximum atomic E-state index is 13.2. The second kappa shape index (κ2) is 9.34. The van der Waals surface area contributed by atoms with E-state index in [1.807, 2.05) is 60.7 Å². The molecule has 0 saturated carbocycles. The highest BCUT2D eigenvalue weighted by Gasteiger charge is 2.24. The molecule has 1 aromatic heterocycles. The van der Waals surface area contributed by atoms with Crippen LogP contribution in [0.4, 0.5) is 10.1 Å². The van der Waals surface area contributed by atoms with Gasteiger partial charge in [-0.1, -0.05) is 71.6 Å². The largest absolute Gasteiger partial charge is 0.325 e. The molecule has 0 bridgehead atoms. The molecule has 1 unspecified atom stereocenters. The number of benzene rings is 3. The average molecular weight is 454 g/mol. The number of rotatable bonds is 6. The van der Waals surface area contributed by atoms with Gasteiger partial charge >= 0.3 is 0 Å². The molecule has 0 aliphatic rings. The van der Waals surface area contributed by atoms with Crippen molar-refractivity contribution in [3.05, 3.63) is 100 Å². The minimum absolute atomic E-state index is 0.217. The number of nitrogens with zero attached hydrogens (tertiary/aromatic N) is 2. The van der Waals surface area contributed by atoms with Gasteiger partial charge in [0.1, 0.15) is 11.1 Å². The minimum atomic E-state index is -0.541. The first-order valence-electron chi connectivity index (χ1n) is 9.04. The Bertz CT molecular complexity index is 1190. The van der Waals surface area contributed by atoms with Crippen LogP contribution in [0.15, 0.2) is 89.3 Å². The molecule has 1 N–H and O–H groups in total. The van der Waals surface area contributed by atoms with E-state index in [-0.39, 0.29) is 11.7 Å². The molecular formula is C22H16FN3OS3. The number of aromatic nitrogens is 2. The Kier molecular flexibility index (Phi) is 6.37. The summed E-state index contributed by atoms with van der Waals surface area (Å²) < 4.78 is 16.2. The fourth-order valence-electron chi connectivity index (χ4n) is 2.78. The van der Waals surface area contributed by atoms with Crippen molar-refractivity contribution in [3.63, 3.8) is 0 Å². The summed E-state index contributed by atoms with van der Waals surface area (Å²) in [6.07, 6.45) is 0. The number of halogens is 1. The van der Waals surface area contributed by atoms with Crippen LogP contribution >= 0.6 is 35.3 Å². The number of amides is 1. The Morgan fingerprint density at radius 3 is 2.30 bits per heavy atom. The van der Waals surface area contributed by atoms with E-state index in [0.717, 1.165) is 11.3 Å². The normalized spacial score (nSPS) is 11.8. The van der Waals surface area contributed by atoms with Crippen molar-refractivity contribution in [2.24, 2.45) is 0 Å². The zero-order valence-electron chi connectivity index (χ0n) is 15.6. The molecule has 1 atom stereocenters. The van der Waals surface area contributed by atoms with E-state index in [4.69, 9.17) is 12.2 Å². The van der Waals surface area contributed by atoms with Crippen LogP contribution in [0.5, 0.6) is 0 Å². The number of nitrogens with one attached hydrogen (secondary N) is 1. The second-order valence-corrected chi connectivity index (χ2v) is 9.26. The molecule has 4 nitrogen and oxygen atoms in total. The Balaban J connectivity index is 1.62. The van der Waals surface area contributed by atoms with Crippen molar-refractivity contribution in [2.75, 3.05) is 5.32 Å². The van der Waals surface area contributed by atoms with E-state index in [1.165, 1.54) is 47.4 Å². The molecule has 0 fully saturated rings. The smallest absolute Gasteiger partial charge is 0.242 e. The molecule has 0 spiro atoms. The van der Waals surface area contributed by atoms with Crippen LogP contribution in [0.3, 0.4) is 0 Å². The summed E-state index contributed by atoms with van der Waals surface area (Å²) in [7, 11) is 0. The first-order chi connectivity index (χ1) is 14.6. The third kappa shape index (κ3) is 4.84. The van der Waals surface area contributed by atoms with Gasteiger partial charge in [-0.15, -0.1) is 5.10 Å². The predicted molar refractivity (Wildman–Crippen MR) is 122 cm³/mol. The van der Waals surface area contributed by atoms with Crippen LogP contribution < -0.4 is 5.32 Å². The second-order valence-electron chi connectivity index (χ2n) is 6.29. The quantitative estimate of drug-likeness (QED) is 0.276. The fraction of sp³-hybridized carbons (Fsp3) is 0.0455. The van der Waals surface area contributed by atoms with E-state index in [0.29, 0.717) is 14.0 Å². The third-order valence-electron chi connectivity index (χ3n) is 4.20. The van der Waals surface area contributed by atoms with Crippen molar-refractivity contribution in [3.8, 4) is 5.69 Å². The van der Waals surface area contributed by atoms with Gasteiger partial charge in [0.25, 0.3) is 0 Å². The number of anilines is 1. The lowest BCUT2D eigenvalue weighted by atomic mass is 10.1. The molecule has 4 aromatic rings. The van der Waals surface area contributed by atoms with Crippen LogP contribution in [0.2, 0.25) is 0 Å². The topological polar surface area (TPSA) is 46.9 Å². The molecule has 0 radical (unpaired) electrons. The lowest BCUT2D eigenvalue weighted by Crippen LogP contribution is -2.19. The highest BCUT2D eigenvalue weighted by molar-refractivity contribution is 8.02. The monoisotopic (exact) mass is 453 g/mol. The molecule has 0 aliphatic carbocycles. The van der Waals surface area contributed by atoms with E-state index in [2.05, 4.69) is 10.4 Å². The first-order valence-corrected chi connectivity index (χ1v) is 11.1. The van der Waals surface area contributed by atoms with Crippen molar-refractivity contribution < 1.29 is 9.18 Å². The van der Waals surface area contributed by atoms with Crippen LogP contribution in [0.1, 0.15) is 10.8 Å². The summed E-state index contributed by atoms with van der Waals surface area (Å²) in [6, 6.07) is 24.8. The zero-order valence-corrected chi connectivity index (χ0v) is 18.0. The highest BCUT2D eigenvalue weighted by atomic mass is 32.2. The summed E-state index contributed by atoms with van der Waals surface area (Å²) in [5.74, 6) is -0.571. The molecule has 1 amide bonds. The lowest BCUT2D eigenvalue weighted by Gasteiger charge is -2.15. The molecule has 4 rings (SSSR count). The summed E-state index contributed by atoms with van der Waals surface area (Å²) in [5.41, 5.74) is 2.25. The Morgan fingerprint density at radius 1 is 1.00 bits per heavy atom. The number of hydrogen-bond donors (Lipinski definition) is 1. The molecule has 0 aliphatic heterocycles. The van der Waals surface area contributed by atoms with Crippen LogP contribution in [0, 0.1) is 9.77 Å². The Morgan fingerprint density at radius 2 is 1.63 bits per heavy atom. The first kappa shape index (κ1) is 20.5. The SMILES string of the molecule is O=C(Nc1ccc(F)cc1)C(Sc1nn(-c2ccccc2)c(=S)s1)c1ccccc1. The third-order valence-corrected chi connectivity index (χ3v) is 6.77. The number of thioether (sulfide) groups is 1. The minimum Gasteiger partial charge on any atom is -0.325 e. The van der Waals surface area contributed by atoms with Gasteiger partial charge in [0.15, 0.2) is 8.29 Å². The summed E-state index contributed by atoms with van der Waals surface area (Å²) in [5, 5.41) is 6.93.